The normalized spacial score (nSPS) is 11.0. The van der Waals surface area contributed by atoms with Gasteiger partial charge in [0.05, 0.1) is 7.11 Å². The summed E-state index contributed by atoms with van der Waals surface area (Å²) in [4.78, 5) is 16.5. The topological polar surface area (TPSA) is 59.0 Å². The third-order valence-corrected chi connectivity index (χ3v) is 4.96. The van der Waals surface area contributed by atoms with Gasteiger partial charge >= 0.3 is 0 Å². The molecule has 2 rings (SSSR count). The van der Waals surface area contributed by atoms with Crippen molar-refractivity contribution in [3.05, 3.63) is 56.8 Å². The Labute approximate surface area is 173 Å². The van der Waals surface area contributed by atoms with Crippen molar-refractivity contribution in [2.75, 3.05) is 20.8 Å². The van der Waals surface area contributed by atoms with Crippen molar-refractivity contribution in [2.24, 2.45) is 0 Å². The van der Waals surface area contributed by atoms with E-state index in [1.807, 2.05) is 0 Å². The van der Waals surface area contributed by atoms with Gasteiger partial charge in [0.25, 0.3) is 5.91 Å². The average Bonchev–Trinajstić information content (AvgIpc) is 2.63. The molecule has 0 saturated heterocycles. The number of nitrogens with zero attached hydrogens (tertiary/aromatic N) is 1. The van der Waals surface area contributed by atoms with Crippen LogP contribution < -0.4 is 4.74 Å². The van der Waals surface area contributed by atoms with Crippen LogP contribution in [0.25, 0.3) is 0 Å². The fourth-order valence-corrected chi connectivity index (χ4v) is 3.27. The first-order valence-corrected chi connectivity index (χ1v) is 9.32. The lowest BCUT2D eigenvalue weighted by molar-refractivity contribution is -0.170. The summed E-state index contributed by atoms with van der Waals surface area (Å²) in [6.07, 6.45) is 0.148. The van der Waals surface area contributed by atoms with Gasteiger partial charge in [-0.1, -0.05) is 43.1 Å². The number of ether oxygens (including phenoxy) is 1. The maximum absolute atomic E-state index is 14.8. The minimum atomic E-state index is -0.476. The lowest BCUT2D eigenvalue weighted by Crippen LogP contribution is -2.30. The third kappa shape index (κ3) is 5.07. The van der Waals surface area contributed by atoms with E-state index in [9.17, 15) is 14.3 Å². The molecule has 0 radical (unpaired) electrons. The number of hydrogen-bond acceptors (Lipinski definition) is 4. The van der Waals surface area contributed by atoms with Gasteiger partial charge in [-0.25, -0.2) is 9.45 Å². The van der Waals surface area contributed by atoms with Gasteiger partial charge in [0.2, 0.25) is 0 Å². The number of halogens is 3. The summed E-state index contributed by atoms with van der Waals surface area (Å²) in [6.45, 7) is 3.35. The first-order chi connectivity index (χ1) is 13.1. The number of rotatable bonds is 7. The number of hydrogen-bond donors (Lipinski definition) is 1. The number of aromatic hydroxyl groups is 1. The zero-order chi connectivity index (χ0) is 21.0. The van der Waals surface area contributed by atoms with Crippen molar-refractivity contribution in [1.29, 1.82) is 0 Å². The van der Waals surface area contributed by atoms with Gasteiger partial charge in [-0.2, -0.15) is 0 Å². The Balaban J connectivity index is 2.25. The van der Waals surface area contributed by atoms with Crippen LogP contribution in [0.1, 0.15) is 36.5 Å². The molecule has 152 valence electrons. The number of benzene rings is 2. The summed E-state index contributed by atoms with van der Waals surface area (Å²) in [5.41, 5.74) is 1.15. The molecule has 0 aliphatic rings. The number of carbonyl (C=O) groups is 1. The zero-order valence-electron chi connectivity index (χ0n) is 16.1. The zero-order valence-corrected chi connectivity index (χ0v) is 17.6. The van der Waals surface area contributed by atoms with Gasteiger partial charge in [0.1, 0.15) is 17.3 Å². The molecular weight excluding hydrogens is 408 g/mol. The summed E-state index contributed by atoms with van der Waals surface area (Å²) in [7, 11) is 2.83. The molecule has 5 nitrogen and oxygen atoms in total. The van der Waals surface area contributed by atoms with Crippen LogP contribution in [0.3, 0.4) is 0 Å². The van der Waals surface area contributed by atoms with Crippen LogP contribution in [0.15, 0.2) is 24.3 Å². The number of phenolic OH excluding ortho intramolecular Hbond substituents is 1. The Hall–Kier alpha value is -2.02. The van der Waals surface area contributed by atoms with Gasteiger partial charge in [-0.15, -0.1) is 0 Å². The maximum Gasteiger partial charge on any atom is 0.283 e. The van der Waals surface area contributed by atoms with E-state index in [0.29, 0.717) is 16.9 Å². The van der Waals surface area contributed by atoms with E-state index in [1.165, 1.54) is 38.4 Å². The van der Waals surface area contributed by atoms with E-state index in [2.05, 4.69) is 0 Å². The summed E-state index contributed by atoms with van der Waals surface area (Å²) < 4.78 is 20.2. The molecule has 0 unspecified atom stereocenters. The lowest BCUT2D eigenvalue weighted by atomic mass is 9.95. The molecule has 2 aromatic carbocycles. The van der Waals surface area contributed by atoms with Gasteiger partial charge in [-0.05, 0) is 35.2 Å². The van der Waals surface area contributed by atoms with Crippen LogP contribution in [0.2, 0.25) is 10.0 Å². The molecule has 2 aromatic rings. The van der Waals surface area contributed by atoms with Crippen LogP contribution in [0.4, 0.5) is 4.39 Å². The van der Waals surface area contributed by atoms with Crippen molar-refractivity contribution in [3.63, 3.8) is 0 Å². The Morgan fingerprint density at radius 3 is 2.39 bits per heavy atom. The Morgan fingerprint density at radius 2 is 1.86 bits per heavy atom. The molecule has 0 fully saturated rings. The van der Waals surface area contributed by atoms with E-state index in [1.54, 1.807) is 13.8 Å². The molecule has 0 aliphatic heterocycles. The van der Waals surface area contributed by atoms with Crippen molar-refractivity contribution >= 4 is 29.1 Å². The van der Waals surface area contributed by atoms with Crippen LogP contribution in [-0.4, -0.2) is 36.8 Å². The highest BCUT2D eigenvalue weighted by atomic mass is 35.5. The highest BCUT2D eigenvalue weighted by Crippen LogP contribution is 2.35. The Morgan fingerprint density at radius 1 is 1.25 bits per heavy atom. The molecule has 0 saturated carbocycles. The molecule has 0 spiro atoms. The highest BCUT2D eigenvalue weighted by Gasteiger charge is 2.19. The SMILES string of the molecule is CON(C)C(=O)COc1cc(Cl)c(Cc2ccc(O)c(C(C)C)c2F)c(Cl)c1. The summed E-state index contributed by atoms with van der Waals surface area (Å²) in [6, 6.07) is 6.01. The van der Waals surface area contributed by atoms with Crippen LogP contribution in [-0.2, 0) is 16.1 Å². The molecule has 8 heteroatoms. The fraction of sp³-hybridized carbons (Fsp3) is 0.350. The minimum Gasteiger partial charge on any atom is -0.508 e. The van der Waals surface area contributed by atoms with Crippen LogP contribution in [0.5, 0.6) is 11.5 Å². The van der Waals surface area contributed by atoms with Crippen molar-refractivity contribution in [3.8, 4) is 11.5 Å². The van der Waals surface area contributed by atoms with E-state index < -0.39 is 5.82 Å². The van der Waals surface area contributed by atoms with E-state index in [0.717, 1.165) is 5.06 Å². The van der Waals surface area contributed by atoms with Gasteiger partial charge in [-0.3, -0.25) is 9.63 Å². The first kappa shape index (κ1) is 22.3. The predicted molar refractivity (Wildman–Crippen MR) is 107 cm³/mol. The monoisotopic (exact) mass is 429 g/mol. The smallest absolute Gasteiger partial charge is 0.283 e. The van der Waals surface area contributed by atoms with E-state index >= 15 is 0 Å². The van der Waals surface area contributed by atoms with Crippen molar-refractivity contribution in [1.82, 2.24) is 5.06 Å². The number of amides is 1. The van der Waals surface area contributed by atoms with Crippen molar-refractivity contribution < 1.29 is 23.9 Å². The second kappa shape index (κ2) is 9.45. The van der Waals surface area contributed by atoms with E-state index in [-0.39, 0.29) is 46.2 Å². The molecular formula is C20H22Cl2FNO4. The second-order valence-corrected chi connectivity index (χ2v) is 7.35. The quantitative estimate of drug-likeness (QED) is 0.632. The fourth-order valence-electron chi connectivity index (χ4n) is 2.67. The maximum atomic E-state index is 14.8. The highest BCUT2D eigenvalue weighted by molar-refractivity contribution is 6.36. The minimum absolute atomic E-state index is 0.0807. The van der Waals surface area contributed by atoms with Crippen LogP contribution >= 0.6 is 23.2 Å². The van der Waals surface area contributed by atoms with E-state index in [4.69, 9.17) is 32.8 Å². The number of phenols is 1. The molecule has 28 heavy (non-hydrogen) atoms. The number of hydroxylamine groups is 2. The summed E-state index contributed by atoms with van der Waals surface area (Å²) >= 11 is 12.6. The molecule has 0 aliphatic carbocycles. The Kier molecular flexibility index (Phi) is 7.52. The van der Waals surface area contributed by atoms with Gasteiger partial charge < -0.3 is 9.84 Å². The summed E-state index contributed by atoms with van der Waals surface area (Å²) in [5, 5.41) is 11.5. The summed E-state index contributed by atoms with van der Waals surface area (Å²) in [5.74, 6) is -0.806. The molecule has 0 atom stereocenters. The standard InChI is InChI=1S/C20H22Cl2FNO4/c1-11(2)19-17(25)6-5-12(20(19)23)7-14-15(21)8-13(9-16(14)22)28-10-18(26)24(3)27-4/h5-6,8-9,11,25H,7,10H2,1-4H3. The number of likely N-dealkylation sites (N-methyl/N-ethyl adjacent to an activating group) is 1. The van der Waals surface area contributed by atoms with Gasteiger partial charge in [0.15, 0.2) is 6.61 Å². The largest absolute Gasteiger partial charge is 0.508 e. The second-order valence-electron chi connectivity index (χ2n) is 6.53. The molecule has 1 amide bonds. The van der Waals surface area contributed by atoms with Gasteiger partial charge in [0, 0.05) is 29.1 Å². The van der Waals surface area contributed by atoms with Crippen molar-refractivity contribution in [2.45, 2.75) is 26.2 Å². The molecule has 1 N–H and O–H groups in total. The molecule has 0 heterocycles. The predicted octanol–water partition coefficient (Wildman–Crippen LogP) is 4.95. The first-order valence-electron chi connectivity index (χ1n) is 8.57. The number of carbonyl (C=O) groups excluding carboxylic acids is 1. The third-order valence-electron chi connectivity index (χ3n) is 4.28. The van der Waals surface area contributed by atoms with Crippen LogP contribution in [0, 0.1) is 5.82 Å². The average molecular weight is 430 g/mol. The molecule has 0 aromatic heterocycles. The molecule has 0 bridgehead atoms. The Bertz CT molecular complexity index is 851. The lowest BCUT2D eigenvalue weighted by Gasteiger charge is -2.16.